The third-order valence-electron chi connectivity index (χ3n) is 5.21. The van der Waals surface area contributed by atoms with Gasteiger partial charge in [-0.25, -0.2) is 14.4 Å². The Labute approximate surface area is 162 Å². The molecule has 0 N–H and O–H groups in total. The molecule has 2 aromatic rings. The molecule has 1 amide bonds. The van der Waals surface area contributed by atoms with Gasteiger partial charge in [0.05, 0.1) is 12.1 Å². The number of nitrogens with zero attached hydrogens (tertiary/aromatic N) is 4. The van der Waals surface area contributed by atoms with E-state index in [1.165, 1.54) is 18.2 Å². The Morgan fingerprint density at radius 3 is 2.68 bits per heavy atom. The average molecular weight is 415 g/mol. The number of hydrogen-bond acceptors (Lipinski definition) is 4. The lowest BCUT2D eigenvalue weighted by Crippen LogP contribution is -2.37. The van der Waals surface area contributed by atoms with E-state index in [-0.39, 0.29) is 41.8 Å². The van der Waals surface area contributed by atoms with Gasteiger partial charge in [0.1, 0.15) is 23.7 Å². The molecule has 0 spiro atoms. The summed E-state index contributed by atoms with van der Waals surface area (Å²) < 4.78 is 52.1. The highest BCUT2D eigenvalue weighted by atomic mass is 35.5. The first-order valence-corrected chi connectivity index (χ1v) is 9.01. The van der Waals surface area contributed by atoms with Gasteiger partial charge in [0, 0.05) is 30.6 Å². The van der Waals surface area contributed by atoms with Crippen molar-refractivity contribution in [1.82, 2.24) is 14.9 Å². The van der Waals surface area contributed by atoms with Crippen molar-refractivity contribution in [3.8, 4) is 0 Å². The van der Waals surface area contributed by atoms with Gasteiger partial charge < -0.3 is 9.80 Å². The van der Waals surface area contributed by atoms with Gasteiger partial charge in [0.2, 0.25) is 5.91 Å². The summed E-state index contributed by atoms with van der Waals surface area (Å²) in [4.78, 5) is 23.2. The zero-order valence-electron chi connectivity index (χ0n) is 14.5. The number of anilines is 1. The van der Waals surface area contributed by atoms with Crippen molar-refractivity contribution >= 4 is 23.3 Å². The maximum Gasteiger partial charge on any atom is 0.433 e. The normalized spacial score (nSPS) is 22.1. The van der Waals surface area contributed by atoms with Crippen LogP contribution in [-0.2, 0) is 17.5 Å². The number of benzene rings is 1. The van der Waals surface area contributed by atoms with Crippen LogP contribution in [0.1, 0.15) is 24.1 Å². The highest BCUT2D eigenvalue weighted by Crippen LogP contribution is 2.37. The summed E-state index contributed by atoms with van der Waals surface area (Å²) in [5.41, 5.74) is -0.392. The highest BCUT2D eigenvalue weighted by Gasteiger charge is 2.47. The molecule has 0 aliphatic carbocycles. The lowest BCUT2D eigenvalue weighted by atomic mass is 10.1. The second-order valence-corrected chi connectivity index (χ2v) is 7.24. The van der Waals surface area contributed by atoms with Crippen LogP contribution in [0.3, 0.4) is 0 Å². The van der Waals surface area contributed by atoms with Crippen LogP contribution in [0.5, 0.6) is 0 Å². The quantitative estimate of drug-likeness (QED) is 0.719. The molecule has 5 nitrogen and oxygen atoms in total. The Morgan fingerprint density at radius 1 is 1.18 bits per heavy atom. The van der Waals surface area contributed by atoms with Crippen molar-refractivity contribution in [2.45, 2.75) is 37.6 Å². The molecule has 0 unspecified atom stereocenters. The molecule has 28 heavy (non-hydrogen) atoms. The van der Waals surface area contributed by atoms with Crippen molar-refractivity contribution in [1.29, 1.82) is 0 Å². The third kappa shape index (κ3) is 3.39. The molecular formula is C18H15ClF4N4O. The Morgan fingerprint density at radius 2 is 1.96 bits per heavy atom. The second kappa shape index (κ2) is 6.88. The fourth-order valence-corrected chi connectivity index (χ4v) is 4.14. The summed E-state index contributed by atoms with van der Waals surface area (Å²) in [5, 5.41) is 0.233. The minimum Gasteiger partial charge on any atom is -0.351 e. The minimum absolute atomic E-state index is 0.120. The molecule has 0 radical (unpaired) electrons. The van der Waals surface area contributed by atoms with E-state index in [1.807, 2.05) is 0 Å². The standard InChI is InChI=1S/C18H15ClF4N4O/c19-12-5-11(20)2-1-10(12)8-27-13-3-4-26(14(13)6-17(27)28)16-7-15(18(21,22)23)24-9-25-16/h1-2,5,7,9,13-14H,3-4,6,8H2/t13-,14-/m0/s1. The number of fused-ring (bicyclic) bond motifs is 1. The first-order chi connectivity index (χ1) is 13.2. The van der Waals surface area contributed by atoms with Crippen molar-refractivity contribution in [3.63, 3.8) is 0 Å². The van der Waals surface area contributed by atoms with Crippen LogP contribution in [0.25, 0.3) is 0 Å². The number of hydrogen-bond donors (Lipinski definition) is 0. The van der Waals surface area contributed by atoms with Gasteiger partial charge in [0.25, 0.3) is 0 Å². The number of alkyl halides is 3. The number of rotatable bonds is 3. The molecule has 2 atom stereocenters. The van der Waals surface area contributed by atoms with Crippen molar-refractivity contribution < 1.29 is 22.4 Å². The smallest absolute Gasteiger partial charge is 0.351 e. The van der Waals surface area contributed by atoms with Gasteiger partial charge in [-0.3, -0.25) is 4.79 Å². The van der Waals surface area contributed by atoms with Gasteiger partial charge in [-0.15, -0.1) is 0 Å². The molecule has 3 heterocycles. The van der Waals surface area contributed by atoms with E-state index in [4.69, 9.17) is 11.6 Å². The van der Waals surface area contributed by atoms with E-state index >= 15 is 0 Å². The molecule has 1 aromatic heterocycles. The molecule has 4 rings (SSSR count). The molecule has 0 saturated carbocycles. The SMILES string of the molecule is O=C1C[C@H]2[C@H](CCN2c2cc(C(F)(F)F)ncn2)N1Cc1ccc(F)cc1Cl. The monoisotopic (exact) mass is 414 g/mol. The van der Waals surface area contributed by atoms with E-state index in [0.717, 1.165) is 12.4 Å². The van der Waals surface area contributed by atoms with Gasteiger partial charge >= 0.3 is 6.18 Å². The summed E-state index contributed by atoms with van der Waals surface area (Å²) in [6.45, 7) is 0.703. The lowest BCUT2D eigenvalue weighted by molar-refractivity contribution is -0.141. The van der Waals surface area contributed by atoms with E-state index in [2.05, 4.69) is 9.97 Å². The first kappa shape index (κ1) is 18.9. The van der Waals surface area contributed by atoms with Crippen LogP contribution in [0, 0.1) is 5.82 Å². The Bertz CT molecular complexity index is 923. The Kier molecular flexibility index (Phi) is 4.65. The predicted octanol–water partition coefficient (Wildman–Crippen LogP) is 3.67. The summed E-state index contributed by atoms with van der Waals surface area (Å²) in [6, 6.07) is 4.47. The summed E-state index contributed by atoms with van der Waals surface area (Å²) >= 11 is 6.07. The Hall–Kier alpha value is -2.42. The molecule has 1 aromatic carbocycles. The largest absolute Gasteiger partial charge is 0.433 e. The van der Waals surface area contributed by atoms with Crippen molar-refractivity contribution in [3.05, 3.63) is 52.7 Å². The fraction of sp³-hybridized carbons (Fsp3) is 0.389. The van der Waals surface area contributed by atoms with Crippen molar-refractivity contribution in [2.24, 2.45) is 0 Å². The molecule has 2 aliphatic heterocycles. The van der Waals surface area contributed by atoms with Gasteiger partial charge in [-0.2, -0.15) is 13.2 Å². The van der Waals surface area contributed by atoms with Gasteiger partial charge in [0.15, 0.2) is 0 Å². The van der Waals surface area contributed by atoms with E-state index in [9.17, 15) is 22.4 Å². The van der Waals surface area contributed by atoms with E-state index in [0.29, 0.717) is 18.5 Å². The first-order valence-electron chi connectivity index (χ1n) is 8.63. The third-order valence-corrected chi connectivity index (χ3v) is 5.56. The molecule has 2 fully saturated rings. The molecule has 10 heteroatoms. The number of likely N-dealkylation sites (tertiary alicyclic amines) is 1. The summed E-state index contributed by atoms with van der Waals surface area (Å²) in [5.74, 6) is -0.426. The summed E-state index contributed by atoms with van der Waals surface area (Å²) in [6.07, 6.45) is -2.90. The van der Waals surface area contributed by atoms with Gasteiger partial charge in [-0.05, 0) is 24.1 Å². The predicted molar refractivity (Wildman–Crippen MR) is 93.2 cm³/mol. The fourth-order valence-electron chi connectivity index (χ4n) is 3.91. The van der Waals surface area contributed by atoms with Crippen LogP contribution in [0.15, 0.2) is 30.6 Å². The molecule has 2 saturated heterocycles. The Balaban J connectivity index is 1.56. The molecule has 2 aliphatic rings. The number of amides is 1. The second-order valence-electron chi connectivity index (χ2n) is 6.84. The zero-order chi connectivity index (χ0) is 20.1. The minimum atomic E-state index is -4.56. The summed E-state index contributed by atoms with van der Waals surface area (Å²) in [7, 11) is 0. The molecule has 0 bridgehead atoms. The molecular weight excluding hydrogens is 400 g/mol. The number of aromatic nitrogens is 2. The van der Waals surface area contributed by atoms with Crippen LogP contribution >= 0.6 is 11.6 Å². The topological polar surface area (TPSA) is 49.3 Å². The maximum atomic E-state index is 13.2. The van der Waals surface area contributed by atoms with Crippen LogP contribution in [0.2, 0.25) is 5.02 Å². The van der Waals surface area contributed by atoms with Crippen LogP contribution < -0.4 is 4.90 Å². The molecule has 148 valence electrons. The number of carbonyl (C=O) groups is 1. The van der Waals surface area contributed by atoms with Crippen LogP contribution in [-0.4, -0.2) is 39.4 Å². The van der Waals surface area contributed by atoms with Crippen LogP contribution in [0.4, 0.5) is 23.4 Å². The lowest BCUT2D eigenvalue weighted by Gasteiger charge is -2.26. The zero-order valence-corrected chi connectivity index (χ0v) is 15.2. The van der Waals surface area contributed by atoms with Crippen molar-refractivity contribution in [2.75, 3.05) is 11.4 Å². The maximum absolute atomic E-state index is 13.2. The number of carbonyl (C=O) groups excluding carboxylic acids is 1. The van der Waals surface area contributed by atoms with E-state index < -0.39 is 17.7 Å². The average Bonchev–Trinajstić information content (AvgIpc) is 3.16. The van der Waals surface area contributed by atoms with E-state index in [1.54, 1.807) is 9.80 Å². The van der Waals surface area contributed by atoms with Gasteiger partial charge in [-0.1, -0.05) is 17.7 Å². The number of halogens is 5. The highest BCUT2D eigenvalue weighted by molar-refractivity contribution is 6.31.